The summed E-state index contributed by atoms with van der Waals surface area (Å²) in [5, 5.41) is 8.71. The van der Waals surface area contributed by atoms with Gasteiger partial charge >= 0.3 is 5.97 Å². The van der Waals surface area contributed by atoms with Gasteiger partial charge in [-0.15, -0.1) is 0 Å². The van der Waals surface area contributed by atoms with E-state index in [2.05, 4.69) is 11.8 Å². The normalized spacial score (nSPS) is 28.6. The quantitative estimate of drug-likeness (QED) is 0.802. The predicted octanol–water partition coefficient (Wildman–Crippen LogP) is 2.75. The average molecular weight is 239 g/mol. The summed E-state index contributed by atoms with van der Waals surface area (Å²) in [5.41, 5.74) is 0. The number of hydrogen-bond acceptors (Lipinski definition) is 2. The van der Waals surface area contributed by atoms with Gasteiger partial charge in [-0.05, 0) is 51.0 Å². The van der Waals surface area contributed by atoms with E-state index in [0.29, 0.717) is 18.4 Å². The molecule has 2 fully saturated rings. The molecule has 0 aromatic rings. The Balaban J connectivity index is 1.74. The summed E-state index contributed by atoms with van der Waals surface area (Å²) in [4.78, 5) is 13.2. The van der Waals surface area contributed by atoms with E-state index in [-0.39, 0.29) is 0 Å². The molecule has 1 heterocycles. The molecule has 0 aromatic heterocycles. The molecule has 3 heteroatoms. The van der Waals surface area contributed by atoms with Crippen LogP contribution in [0.5, 0.6) is 0 Å². The van der Waals surface area contributed by atoms with E-state index in [1.54, 1.807) is 0 Å². The average Bonchev–Trinajstić information content (AvgIpc) is 2.97. The van der Waals surface area contributed by atoms with E-state index in [1.807, 2.05) is 0 Å². The van der Waals surface area contributed by atoms with Crippen LogP contribution in [-0.4, -0.2) is 35.1 Å². The first kappa shape index (κ1) is 12.9. The molecule has 2 unspecified atom stereocenters. The minimum Gasteiger partial charge on any atom is -0.481 e. The van der Waals surface area contributed by atoms with Crippen LogP contribution in [0.15, 0.2) is 0 Å². The number of nitrogens with zero attached hydrogens (tertiary/aromatic N) is 1. The SMILES string of the molecule is CC(C1CCCC1)N1CCC(CCC(=O)O)C1. The van der Waals surface area contributed by atoms with E-state index < -0.39 is 5.97 Å². The van der Waals surface area contributed by atoms with Crippen molar-refractivity contribution in [1.29, 1.82) is 0 Å². The molecule has 0 radical (unpaired) electrons. The van der Waals surface area contributed by atoms with Crippen LogP contribution in [0.4, 0.5) is 0 Å². The molecule has 0 spiro atoms. The number of aliphatic carboxylic acids is 1. The summed E-state index contributed by atoms with van der Waals surface area (Å²) >= 11 is 0. The minimum atomic E-state index is -0.646. The summed E-state index contributed by atoms with van der Waals surface area (Å²) in [6.07, 6.45) is 8.02. The Labute approximate surface area is 104 Å². The molecule has 1 saturated heterocycles. The third kappa shape index (κ3) is 3.44. The Hall–Kier alpha value is -0.570. The lowest BCUT2D eigenvalue weighted by Gasteiger charge is -2.29. The van der Waals surface area contributed by atoms with Crippen molar-refractivity contribution in [3.63, 3.8) is 0 Å². The smallest absolute Gasteiger partial charge is 0.303 e. The number of likely N-dealkylation sites (tertiary alicyclic amines) is 1. The van der Waals surface area contributed by atoms with Gasteiger partial charge in [0.05, 0.1) is 0 Å². The highest BCUT2D eigenvalue weighted by Gasteiger charge is 2.31. The summed E-state index contributed by atoms with van der Waals surface area (Å²) in [5.74, 6) is 0.871. The molecule has 1 aliphatic carbocycles. The first-order valence-electron chi connectivity index (χ1n) is 7.12. The lowest BCUT2D eigenvalue weighted by molar-refractivity contribution is -0.137. The third-order valence-electron chi connectivity index (χ3n) is 4.74. The van der Waals surface area contributed by atoms with Crippen LogP contribution in [0.3, 0.4) is 0 Å². The van der Waals surface area contributed by atoms with Gasteiger partial charge in [-0.3, -0.25) is 4.79 Å². The van der Waals surface area contributed by atoms with Gasteiger partial charge in [-0.25, -0.2) is 0 Å². The third-order valence-corrected chi connectivity index (χ3v) is 4.74. The fourth-order valence-corrected chi connectivity index (χ4v) is 3.53. The van der Waals surface area contributed by atoms with Gasteiger partial charge in [0.1, 0.15) is 0 Å². The van der Waals surface area contributed by atoms with Gasteiger partial charge < -0.3 is 10.0 Å². The Morgan fingerprint density at radius 2 is 2.06 bits per heavy atom. The molecule has 0 bridgehead atoms. The van der Waals surface area contributed by atoms with E-state index in [1.165, 1.54) is 38.6 Å². The van der Waals surface area contributed by atoms with Crippen molar-refractivity contribution >= 4 is 5.97 Å². The molecule has 3 nitrogen and oxygen atoms in total. The zero-order valence-corrected chi connectivity index (χ0v) is 10.9. The van der Waals surface area contributed by atoms with Gasteiger partial charge in [0.15, 0.2) is 0 Å². The van der Waals surface area contributed by atoms with Crippen molar-refractivity contribution in [2.75, 3.05) is 13.1 Å². The van der Waals surface area contributed by atoms with Crippen LogP contribution in [0.2, 0.25) is 0 Å². The second-order valence-electron chi connectivity index (χ2n) is 5.87. The zero-order valence-electron chi connectivity index (χ0n) is 10.9. The fourth-order valence-electron chi connectivity index (χ4n) is 3.53. The van der Waals surface area contributed by atoms with Gasteiger partial charge in [0.25, 0.3) is 0 Å². The predicted molar refractivity (Wildman–Crippen MR) is 68.0 cm³/mol. The summed E-state index contributed by atoms with van der Waals surface area (Å²) in [6.45, 7) is 4.68. The first-order chi connectivity index (χ1) is 8.16. The highest BCUT2D eigenvalue weighted by atomic mass is 16.4. The van der Waals surface area contributed by atoms with Crippen molar-refractivity contribution < 1.29 is 9.90 Å². The number of hydrogen-bond donors (Lipinski definition) is 1. The Morgan fingerprint density at radius 1 is 1.35 bits per heavy atom. The van der Waals surface area contributed by atoms with Crippen LogP contribution in [-0.2, 0) is 4.79 Å². The number of rotatable bonds is 5. The van der Waals surface area contributed by atoms with Crippen molar-refractivity contribution in [2.24, 2.45) is 11.8 Å². The summed E-state index contributed by atoms with van der Waals surface area (Å²) in [7, 11) is 0. The van der Waals surface area contributed by atoms with Crippen LogP contribution in [0, 0.1) is 11.8 Å². The molecule has 1 N–H and O–H groups in total. The molecule has 0 amide bonds. The van der Waals surface area contributed by atoms with Crippen molar-refractivity contribution in [3.05, 3.63) is 0 Å². The molecule has 98 valence electrons. The number of carboxylic acids is 1. The molecule has 2 rings (SSSR count). The lowest BCUT2D eigenvalue weighted by atomic mass is 9.98. The van der Waals surface area contributed by atoms with Gasteiger partial charge in [-0.1, -0.05) is 12.8 Å². The van der Waals surface area contributed by atoms with Gasteiger partial charge in [-0.2, -0.15) is 0 Å². The van der Waals surface area contributed by atoms with Crippen LogP contribution >= 0.6 is 0 Å². The molecule has 17 heavy (non-hydrogen) atoms. The largest absolute Gasteiger partial charge is 0.481 e. The maximum atomic E-state index is 10.6. The van der Waals surface area contributed by atoms with E-state index in [9.17, 15) is 4.79 Å². The van der Waals surface area contributed by atoms with Crippen LogP contribution < -0.4 is 0 Å². The number of carbonyl (C=O) groups is 1. The van der Waals surface area contributed by atoms with E-state index in [4.69, 9.17) is 5.11 Å². The summed E-state index contributed by atoms with van der Waals surface area (Å²) < 4.78 is 0. The van der Waals surface area contributed by atoms with Crippen molar-refractivity contribution in [1.82, 2.24) is 4.90 Å². The van der Waals surface area contributed by atoms with Crippen LogP contribution in [0.25, 0.3) is 0 Å². The molecule has 2 aliphatic rings. The second kappa shape index (κ2) is 5.85. The fraction of sp³-hybridized carbons (Fsp3) is 0.929. The molecule has 2 atom stereocenters. The van der Waals surface area contributed by atoms with Crippen molar-refractivity contribution in [3.8, 4) is 0 Å². The van der Waals surface area contributed by atoms with E-state index >= 15 is 0 Å². The molecule has 0 aromatic carbocycles. The first-order valence-corrected chi connectivity index (χ1v) is 7.12. The molecular weight excluding hydrogens is 214 g/mol. The second-order valence-corrected chi connectivity index (χ2v) is 5.87. The maximum Gasteiger partial charge on any atom is 0.303 e. The number of carboxylic acid groups (broad SMARTS) is 1. The maximum absolute atomic E-state index is 10.6. The summed E-state index contributed by atoms with van der Waals surface area (Å²) in [6, 6.07) is 0.715. The van der Waals surface area contributed by atoms with E-state index in [0.717, 1.165) is 18.9 Å². The zero-order chi connectivity index (χ0) is 12.3. The molecular formula is C14H25NO2. The molecule has 1 saturated carbocycles. The van der Waals surface area contributed by atoms with Crippen molar-refractivity contribution in [2.45, 2.75) is 57.9 Å². The highest BCUT2D eigenvalue weighted by Crippen LogP contribution is 2.33. The van der Waals surface area contributed by atoms with Gasteiger partial charge in [0, 0.05) is 19.0 Å². The highest BCUT2D eigenvalue weighted by molar-refractivity contribution is 5.66. The molecule has 1 aliphatic heterocycles. The Kier molecular flexibility index (Phi) is 4.43. The Morgan fingerprint density at radius 3 is 2.71 bits per heavy atom. The standard InChI is InChI=1S/C14H25NO2/c1-11(13-4-2-3-5-13)15-9-8-12(10-15)6-7-14(16)17/h11-13H,2-10H2,1H3,(H,16,17). The minimum absolute atomic E-state index is 0.344. The topological polar surface area (TPSA) is 40.5 Å². The van der Waals surface area contributed by atoms with Gasteiger partial charge in [0.2, 0.25) is 0 Å². The monoisotopic (exact) mass is 239 g/mol. The Bertz CT molecular complexity index is 261. The lowest BCUT2D eigenvalue weighted by Crippen LogP contribution is -2.36. The van der Waals surface area contributed by atoms with Crippen LogP contribution in [0.1, 0.15) is 51.9 Å².